The minimum absolute atomic E-state index is 0.164. The van der Waals surface area contributed by atoms with Crippen LogP contribution in [0.25, 0.3) is 0 Å². The lowest BCUT2D eigenvalue weighted by Crippen LogP contribution is -2.49. The van der Waals surface area contributed by atoms with E-state index in [1.165, 1.54) is 6.42 Å². The van der Waals surface area contributed by atoms with E-state index in [-0.39, 0.29) is 11.5 Å². The van der Waals surface area contributed by atoms with E-state index >= 15 is 0 Å². The summed E-state index contributed by atoms with van der Waals surface area (Å²) >= 11 is 0. The molecule has 2 atom stereocenters. The van der Waals surface area contributed by atoms with Gasteiger partial charge in [-0.3, -0.25) is 0 Å². The largest absolute Gasteiger partial charge is 0.449 e. The van der Waals surface area contributed by atoms with E-state index in [1.807, 2.05) is 7.05 Å². The quantitative estimate of drug-likeness (QED) is 0.626. The first-order valence-corrected chi connectivity index (χ1v) is 6.10. The van der Waals surface area contributed by atoms with Gasteiger partial charge in [0.2, 0.25) is 0 Å². The zero-order valence-electron chi connectivity index (χ0n) is 10.5. The summed E-state index contributed by atoms with van der Waals surface area (Å²) in [6.07, 6.45) is 2.02. The number of likely N-dealkylation sites (tertiary alicyclic amines) is 1. The molecular formula is C12H22N2O2. The van der Waals surface area contributed by atoms with E-state index in [1.54, 1.807) is 4.90 Å². The predicted octanol–water partition coefficient (Wildman–Crippen LogP) is 1.42. The summed E-state index contributed by atoms with van der Waals surface area (Å²) in [4.78, 5) is 15.6. The molecule has 2 unspecified atom stereocenters. The Kier molecular flexibility index (Phi) is 3.10. The molecule has 0 radical (unpaired) electrons. The average Bonchev–Trinajstić information content (AvgIpc) is 2.36. The fraction of sp³-hybridized carbons (Fsp3) is 0.917. The molecule has 16 heavy (non-hydrogen) atoms. The Morgan fingerprint density at radius 2 is 2.12 bits per heavy atom. The van der Waals surface area contributed by atoms with Gasteiger partial charge in [0.1, 0.15) is 0 Å². The monoisotopic (exact) mass is 226 g/mol. The van der Waals surface area contributed by atoms with Crippen LogP contribution in [0.5, 0.6) is 0 Å². The minimum Gasteiger partial charge on any atom is -0.449 e. The van der Waals surface area contributed by atoms with Crippen molar-refractivity contribution in [3.8, 4) is 0 Å². The van der Waals surface area contributed by atoms with Crippen LogP contribution in [0.4, 0.5) is 4.79 Å². The zero-order chi connectivity index (χ0) is 11.8. The van der Waals surface area contributed by atoms with Crippen LogP contribution in [-0.4, -0.2) is 56.2 Å². The van der Waals surface area contributed by atoms with Crippen molar-refractivity contribution in [2.75, 3.05) is 40.3 Å². The molecule has 0 aromatic heterocycles. The van der Waals surface area contributed by atoms with E-state index in [2.05, 4.69) is 18.9 Å². The highest BCUT2D eigenvalue weighted by atomic mass is 16.6. The Morgan fingerprint density at radius 3 is 2.81 bits per heavy atom. The first-order valence-electron chi connectivity index (χ1n) is 6.10. The van der Waals surface area contributed by atoms with Gasteiger partial charge in [0, 0.05) is 20.1 Å². The van der Waals surface area contributed by atoms with Gasteiger partial charge in [0.25, 0.3) is 0 Å². The van der Waals surface area contributed by atoms with Crippen molar-refractivity contribution in [1.82, 2.24) is 9.80 Å². The fourth-order valence-corrected chi connectivity index (χ4v) is 3.09. The maximum atomic E-state index is 11.5. The molecule has 92 valence electrons. The summed E-state index contributed by atoms with van der Waals surface area (Å²) in [5.41, 5.74) is 0.271. The number of piperidine rings is 1. The molecular weight excluding hydrogens is 204 g/mol. The first kappa shape index (κ1) is 11.7. The van der Waals surface area contributed by atoms with Crippen LogP contribution in [0, 0.1) is 11.3 Å². The highest BCUT2D eigenvalue weighted by Crippen LogP contribution is 2.41. The topological polar surface area (TPSA) is 32.8 Å². The van der Waals surface area contributed by atoms with E-state index in [4.69, 9.17) is 4.74 Å². The predicted molar refractivity (Wildman–Crippen MR) is 62.3 cm³/mol. The molecule has 2 aliphatic rings. The van der Waals surface area contributed by atoms with Crippen LogP contribution in [0.2, 0.25) is 0 Å². The van der Waals surface area contributed by atoms with Gasteiger partial charge in [-0.15, -0.1) is 0 Å². The van der Waals surface area contributed by atoms with Crippen molar-refractivity contribution < 1.29 is 9.53 Å². The van der Waals surface area contributed by atoms with Gasteiger partial charge in [-0.25, -0.2) is 4.79 Å². The van der Waals surface area contributed by atoms with Crippen molar-refractivity contribution >= 4 is 6.09 Å². The molecule has 1 amide bonds. The summed E-state index contributed by atoms with van der Waals surface area (Å²) in [6.45, 7) is 5.99. The maximum Gasteiger partial charge on any atom is 0.409 e. The number of carbonyl (C=O) groups is 1. The number of hydrogen-bond acceptors (Lipinski definition) is 3. The van der Waals surface area contributed by atoms with Gasteiger partial charge < -0.3 is 14.5 Å². The Hall–Kier alpha value is -0.770. The minimum atomic E-state index is -0.164. The molecule has 4 heteroatoms. The highest BCUT2D eigenvalue weighted by molar-refractivity contribution is 5.67. The summed E-state index contributed by atoms with van der Waals surface area (Å²) in [5.74, 6) is 0.628. The van der Waals surface area contributed by atoms with E-state index in [0.29, 0.717) is 12.5 Å². The molecule has 2 fully saturated rings. The van der Waals surface area contributed by atoms with Crippen LogP contribution in [0.1, 0.15) is 19.8 Å². The number of cyclic esters (lactones) is 1. The van der Waals surface area contributed by atoms with Gasteiger partial charge in [-0.1, -0.05) is 6.92 Å². The third-order valence-electron chi connectivity index (χ3n) is 4.31. The summed E-state index contributed by atoms with van der Waals surface area (Å²) < 4.78 is 5.19. The van der Waals surface area contributed by atoms with Gasteiger partial charge in [0.15, 0.2) is 0 Å². The van der Waals surface area contributed by atoms with Crippen molar-refractivity contribution in [2.24, 2.45) is 11.3 Å². The molecule has 0 bridgehead atoms. The normalized spacial score (nSPS) is 37.3. The number of amides is 1. The van der Waals surface area contributed by atoms with Crippen LogP contribution in [0.3, 0.4) is 0 Å². The zero-order valence-corrected chi connectivity index (χ0v) is 10.5. The second-order valence-corrected chi connectivity index (χ2v) is 5.50. The number of nitrogens with zero attached hydrogens (tertiary/aromatic N) is 2. The van der Waals surface area contributed by atoms with Crippen LogP contribution >= 0.6 is 0 Å². The molecule has 0 aliphatic carbocycles. The van der Waals surface area contributed by atoms with Crippen molar-refractivity contribution in [1.29, 1.82) is 0 Å². The standard InChI is InChI=1S/C12H22N2O2/c1-10-8-13(2)6-4-12(10)5-7-16-11(15)14(3)9-12/h10H,4-9H2,1-3H3. The number of hydrogen-bond donors (Lipinski definition) is 0. The fourth-order valence-electron chi connectivity index (χ4n) is 3.09. The molecule has 0 aromatic rings. The smallest absolute Gasteiger partial charge is 0.409 e. The maximum absolute atomic E-state index is 11.5. The number of ether oxygens (including phenoxy) is 1. The average molecular weight is 226 g/mol. The molecule has 0 N–H and O–H groups in total. The molecule has 2 rings (SSSR count). The van der Waals surface area contributed by atoms with Crippen molar-refractivity contribution in [2.45, 2.75) is 19.8 Å². The summed E-state index contributed by atoms with van der Waals surface area (Å²) in [7, 11) is 4.02. The van der Waals surface area contributed by atoms with Crippen LogP contribution in [0.15, 0.2) is 0 Å². The molecule has 1 spiro atoms. The second kappa shape index (κ2) is 4.24. The lowest BCUT2D eigenvalue weighted by atomic mass is 9.69. The lowest BCUT2D eigenvalue weighted by Gasteiger charge is -2.46. The van der Waals surface area contributed by atoms with Crippen LogP contribution in [-0.2, 0) is 4.74 Å². The Labute approximate surface area is 97.5 Å². The van der Waals surface area contributed by atoms with E-state index in [0.717, 1.165) is 26.1 Å². The van der Waals surface area contributed by atoms with E-state index < -0.39 is 0 Å². The SMILES string of the molecule is CC1CN(C)CCC12CCOC(=O)N(C)C2. The molecule has 4 nitrogen and oxygen atoms in total. The third-order valence-corrected chi connectivity index (χ3v) is 4.31. The second-order valence-electron chi connectivity index (χ2n) is 5.50. The Balaban J connectivity index is 2.14. The number of rotatable bonds is 0. The van der Waals surface area contributed by atoms with E-state index in [9.17, 15) is 4.79 Å². The highest BCUT2D eigenvalue weighted by Gasteiger charge is 2.42. The first-order chi connectivity index (χ1) is 7.53. The number of carbonyl (C=O) groups excluding carboxylic acids is 1. The van der Waals surface area contributed by atoms with Crippen molar-refractivity contribution in [3.05, 3.63) is 0 Å². The lowest BCUT2D eigenvalue weighted by molar-refractivity contribution is 0.0340. The Morgan fingerprint density at radius 1 is 1.38 bits per heavy atom. The Bertz CT molecular complexity index is 282. The van der Waals surface area contributed by atoms with Crippen molar-refractivity contribution in [3.63, 3.8) is 0 Å². The third kappa shape index (κ3) is 2.03. The molecule has 2 heterocycles. The van der Waals surface area contributed by atoms with Crippen LogP contribution < -0.4 is 0 Å². The molecule has 0 saturated carbocycles. The summed E-state index contributed by atoms with van der Waals surface area (Å²) in [5, 5.41) is 0. The molecule has 0 aromatic carbocycles. The summed E-state index contributed by atoms with van der Waals surface area (Å²) in [6, 6.07) is 0. The van der Waals surface area contributed by atoms with Gasteiger partial charge in [-0.2, -0.15) is 0 Å². The van der Waals surface area contributed by atoms with Gasteiger partial charge >= 0.3 is 6.09 Å². The molecule has 2 saturated heterocycles. The molecule has 2 aliphatic heterocycles. The van der Waals surface area contributed by atoms with Gasteiger partial charge in [0.05, 0.1) is 6.61 Å². The van der Waals surface area contributed by atoms with Gasteiger partial charge in [-0.05, 0) is 37.8 Å².